The van der Waals surface area contributed by atoms with Crippen molar-refractivity contribution in [3.8, 4) is 0 Å². The van der Waals surface area contributed by atoms with Gasteiger partial charge in [-0.05, 0) is 12.8 Å². The Hall–Kier alpha value is -1.35. The van der Waals surface area contributed by atoms with E-state index in [4.69, 9.17) is 5.11 Å². The van der Waals surface area contributed by atoms with Crippen molar-refractivity contribution in [2.75, 3.05) is 6.61 Å². The standard InChI is InChI=1S/C14H20O3/c1-2-3-4-5-6-7-11-8-9-13(16)14(17)12(11)10-15/h4-7,11,15,17H,2-3,8-10H2,1H3/b5-4+,7-6+/t11-/m0/s1. The average Bonchev–Trinajstić information content (AvgIpc) is 2.33. The molecule has 17 heavy (non-hydrogen) atoms. The van der Waals surface area contributed by atoms with Crippen LogP contribution in [0.25, 0.3) is 0 Å². The first kappa shape index (κ1) is 13.7. The van der Waals surface area contributed by atoms with E-state index in [-0.39, 0.29) is 24.1 Å². The third-order valence-corrected chi connectivity index (χ3v) is 2.91. The van der Waals surface area contributed by atoms with Crippen LogP contribution in [0.5, 0.6) is 0 Å². The Morgan fingerprint density at radius 1 is 1.41 bits per heavy atom. The number of hydrogen-bond acceptors (Lipinski definition) is 3. The Morgan fingerprint density at radius 3 is 2.82 bits per heavy atom. The molecule has 0 amide bonds. The van der Waals surface area contributed by atoms with Gasteiger partial charge in [-0.25, -0.2) is 0 Å². The van der Waals surface area contributed by atoms with Gasteiger partial charge in [-0.3, -0.25) is 4.79 Å². The van der Waals surface area contributed by atoms with Crippen molar-refractivity contribution in [2.24, 2.45) is 5.92 Å². The number of rotatable bonds is 5. The van der Waals surface area contributed by atoms with Crippen LogP contribution >= 0.6 is 0 Å². The van der Waals surface area contributed by atoms with Gasteiger partial charge in [0.05, 0.1) is 6.61 Å². The summed E-state index contributed by atoms with van der Waals surface area (Å²) in [5, 5.41) is 18.7. The van der Waals surface area contributed by atoms with Gasteiger partial charge in [0.2, 0.25) is 0 Å². The monoisotopic (exact) mass is 236 g/mol. The summed E-state index contributed by atoms with van der Waals surface area (Å²) in [5.41, 5.74) is 0.446. The molecule has 3 nitrogen and oxygen atoms in total. The Balaban J connectivity index is 2.68. The number of aliphatic hydroxyl groups is 2. The molecule has 1 aliphatic rings. The lowest BCUT2D eigenvalue weighted by Gasteiger charge is -2.21. The first-order chi connectivity index (χ1) is 8.20. The zero-order valence-electron chi connectivity index (χ0n) is 10.2. The van der Waals surface area contributed by atoms with Gasteiger partial charge in [0.25, 0.3) is 0 Å². The lowest BCUT2D eigenvalue weighted by molar-refractivity contribution is -0.118. The van der Waals surface area contributed by atoms with E-state index in [9.17, 15) is 9.90 Å². The van der Waals surface area contributed by atoms with Gasteiger partial charge in [0.15, 0.2) is 11.5 Å². The van der Waals surface area contributed by atoms with Gasteiger partial charge < -0.3 is 10.2 Å². The summed E-state index contributed by atoms with van der Waals surface area (Å²) in [7, 11) is 0. The average molecular weight is 236 g/mol. The van der Waals surface area contributed by atoms with Gasteiger partial charge in [0, 0.05) is 17.9 Å². The molecule has 94 valence electrons. The second-order valence-corrected chi connectivity index (χ2v) is 4.20. The largest absolute Gasteiger partial charge is 0.504 e. The maximum atomic E-state index is 11.3. The third kappa shape index (κ3) is 3.86. The highest BCUT2D eigenvalue weighted by Crippen LogP contribution is 2.27. The van der Waals surface area contributed by atoms with Crippen LogP contribution < -0.4 is 0 Å². The second-order valence-electron chi connectivity index (χ2n) is 4.20. The van der Waals surface area contributed by atoms with Crippen LogP contribution in [0.4, 0.5) is 0 Å². The van der Waals surface area contributed by atoms with Crippen LogP contribution in [0.1, 0.15) is 32.6 Å². The maximum absolute atomic E-state index is 11.3. The summed E-state index contributed by atoms with van der Waals surface area (Å²) < 4.78 is 0. The molecule has 0 bridgehead atoms. The molecule has 0 unspecified atom stereocenters. The number of unbranched alkanes of at least 4 members (excludes halogenated alkanes) is 1. The molecule has 1 rings (SSSR count). The van der Waals surface area contributed by atoms with Crippen molar-refractivity contribution in [3.63, 3.8) is 0 Å². The maximum Gasteiger partial charge on any atom is 0.197 e. The topological polar surface area (TPSA) is 57.5 Å². The van der Waals surface area contributed by atoms with Crippen LogP contribution in [0.15, 0.2) is 35.6 Å². The zero-order chi connectivity index (χ0) is 12.7. The van der Waals surface area contributed by atoms with Gasteiger partial charge in [-0.15, -0.1) is 0 Å². The Labute approximate surface area is 102 Å². The summed E-state index contributed by atoms with van der Waals surface area (Å²) in [6, 6.07) is 0. The van der Waals surface area contributed by atoms with E-state index < -0.39 is 0 Å². The van der Waals surface area contributed by atoms with Crippen molar-refractivity contribution < 1.29 is 15.0 Å². The van der Waals surface area contributed by atoms with Crippen molar-refractivity contribution in [2.45, 2.75) is 32.6 Å². The fraction of sp³-hybridized carbons (Fsp3) is 0.500. The van der Waals surface area contributed by atoms with Crippen molar-refractivity contribution in [1.82, 2.24) is 0 Å². The summed E-state index contributed by atoms with van der Waals surface area (Å²) in [6.45, 7) is 1.86. The number of Topliss-reactive ketones (excluding diaryl/α,β-unsaturated/α-hetero) is 1. The predicted octanol–water partition coefficient (Wildman–Crippen LogP) is 2.68. The Kier molecular flexibility index (Phi) is 5.70. The first-order valence-corrected chi connectivity index (χ1v) is 6.10. The summed E-state index contributed by atoms with van der Waals surface area (Å²) in [5.74, 6) is -0.532. The molecule has 3 heteroatoms. The summed E-state index contributed by atoms with van der Waals surface area (Å²) in [4.78, 5) is 11.3. The van der Waals surface area contributed by atoms with Gasteiger partial charge in [0.1, 0.15) is 0 Å². The zero-order valence-corrected chi connectivity index (χ0v) is 10.2. The number of carbonyl (C=O) groups is 1. The third-order valence-electron chi connectivity index (χ3n) is 2.91. The lowest BCUT2D eigenvalue weighted by atomic mass is 9.86. The molecule has 0 aromatic carbocycles. The number of carbonyl (C=O) groups excluding carboxylic acids is 1. The van der Waals surface area contributed by atoms with Crippen LogP contribution in [0.2, 0.25) is 0 Å². The molecule has 0 saturated carbocycles. The quantitative estimate of drug-likeness (QED) is 0.721. The first-order valence-electron chi connectivity index (χ1n) is 6.10. The minimum absolute atomic E-state index is 0.0241. The number of ketones is 1. The molecule has 0 saturated heterocycles. The van der Waals surface area contributed by atoms with E-state index in [0.29, 0.717) is 18.4 Å². The molecule has 1 atom stereocenters. The summed E-state index contributed by atoms with van der Waals surface area (Å²) >= 11 is 0. The fourth-order valence-electron chi connectivity index (χ4n) is 1.88. The highest BCUT2D eigenvalue weighted by Gasteiger charge is 2.25. The Bertz CT molecular complexity index is 350. The summed E-state index contributed by atoms with van der Waals surface area (Å²) in [6.07, 6.45) is 11.1. The number of allylic oxidation sites excluding steroid dienone is 5. The smallest absolute Gasteiger partial charge is 0.197 e. The highest BCUT2D eigenvalue weighted by atomic mass is 16.3. The molecule has 1 aliphatic carbocycles. The van der Waals surface area contributed by atoms with E-state index in [0.717, 1.165) is 12.8 Å². The molecule has 0 aliphatic heterocycles. The van der Waals surface area contributed by atoms with E-state index in [1.54, 1.807) is 0 Å². The molecular weight excluding hydrogens is 216 g/mol. The molecule has 0 spiro atoms. The second kappa shape index (κ2) is 7.07. The minimum Gasteiger partial charge on any atom is -0.504 e. The lowest BCUT2D eigenvalue weighted by Crippen LogP contribution is -2.20. The predicted molar refractivity (Wildman–Crippen MR) is 67.7 cm³/mol. The molecule has 0 heterocycles. The number of hydrogen-bond donors (Lipinski definition) is 2. The molecular formula is C14H20O3. The minimum atomic E-state index is -0.264. The molecule has 2 N–H and O–H groups in total. The van der Waals surface area contributed by atoms with Crippen molar-refractivity contribution >= 4 is 5.78 Å². The molecule has 0 fully saturated rings. The normalized spacial score (nSPS) is 22.0. The van der Waals surface area contributed by atoms with E-state index >= 15 is 0 Å². The molecule has 0 aromatic heterocycles. The number of aliphatic hydroxyl groups excluding tert-OH is 2. The van der Waals surface area contributed by atoms with Crippen LogP contribution in [0, 0.1) is 5.92 Å². The van der Waals surface area contributed by atoms with Crippen molar-refractivity contribution in [1.29, 1.82) is 0 Å². The van der Waals surface area contributed by atoms with E-state index in [2.05, 4.69) is 13.0 Å². The van der Waals surface area contributed by atoms with Crippen LogP contribution in [-0.2, 0) is 4.79 Å². The highest BCUT2D eigenvalue weighted by molar-refractivity contribution is 5.94. The van der Waals surface area contributed by atoms with E-state index in [1.807, 2.05) is 18.2 Å². The molecule has 0 aromatic rings. The van der Waals surface area contributed by atoms with E-state index in [1.165, 1.54) is 0 Å². The van der Waals surface area contributed by atoms with Gasteiger partial charge >= 0.3 is 0 Å². The van der Waals surface area contributed by atoms with Gasteiger partial charge in [-0.1, -0.05) is 37.6 Å². The van der Waals surface area contributed by atoms with Gasteiger partial charge in [-0.2, -0.15) is 0 Å². The fourth-order valence-corrected chi connectivity index (χ4v) is 1.88. The van der Waals surface area contributed by atoms with Crippen LogP contribution in [0.3, 0.4) is 0 Å². The Morgan fingerprint density at radius 2 is 2.18 bits per heavy atom. The molecule has 0 radical (unpaired) electrons. The van der Waals surface area contributed by atoms with Crippen LogP contribution in [-0.4, -0.2) is 22.6 Å². The van der Waals surface area contributed by atoms with Crippen molar-refractivity contribution in [3.05, 3.63) is 35.6 Å². The SMILES string of the molecule is CCC/C=C/C=C/[C@H]1CCC(=O)C(O)=C1CO.